The van der Waals surface area contributed by atoms with E-state index in [0.29, 0.717) is 11.3 Å². The summed E-state index contributed by atoms with van der Waals surface area (Å²) in [6.45, 7) is 5.86. The van der Waals surface area contributed by atoms with E-state index in [9.17, 15) is 0 Å². The molecule has 0 bridgehead atoms. The van der Waals surface area contributed by atoms with Crippen molar-refractivity contribution in [1.82, 2.24) is 14.9 Å². The molecule has 88 valence electrons. The molecule has 2 fully saturated rings. The van der Waals surface area contributed by atoms with Crippen LogP contribution in [0.1, 0.15) is 44.2 Å². The van der Waals surface area contributed by atoms with Crippen LogP contribution in [0.3, 0.4) is 0 Å². The van der Waals surface area contributed by atoms with Gasteiger partial charge in [-0.3, -0.25) is 0 Å². The third-order valence-corrected chi connectivity index (χ3v) is 4.34. The van der Waals surface area contributed by atoms with E-state index in [2.05, 4.69) is 28.0 Å². The molecule has 3 nitrogen and oxygen atoms in total. The number of nitrogens with zero attached hydrogens (tertiary/aromatic N) is 2. The molecule has 0 spiro atoms. The van der Waals surface area contributed by atoms with Crippen LogP contribution in [-0.4, -0.2) is 22.6 Å². The van der Waals surface area contributed by atoms with Crippen LogP contribution in [0.2, 0.25) is 0 Å². The van der Waals surface area contributed by atoms with E-state index in [0.717, 1.165) is 13.1 Å². The Labute approximate surface area is 97.3 Å². The molecular weight excluding hydrogens is 198 g/mol. The molecule has 1 aliphatic carbocycles. The van der Waals surface area contributed by atoms with E-state index < -0.39 is 0 Å². The van der Waals surface area contributed by atoms with E-state index in [1.165, 1.54) is 37.9 Å². The molecule has 1 atom stereocenters. The molecule has 1 aliphatic heterocycles. The molecule has 1 aromatic rings. The van der Waals surface area contributed by atoms with Gasteiger partial charge in [0.25, 0.3) is 0 Å². The van der Waals surface area contributed by atoms with Gasteiger partial charge < -0.3 is 9.88 Å². The van der Waals surface area contributed by atoms with Gasteiger partial charge in [-0.15, -0.1) is 0 Å². The molecule has 3 heteroatoms. The first kappa shape index (κ1) is 10.3. The van der Waals surface area contributed by atoms with Gasteiger partial charge in [-0.1, -0.05) is 13.3 Å². The predicted molar refractivity (Wildman–Crippen MR) is 64.4 cm³/mol. The highest BCUT2D eigenvalue weighted by Crippen LogP contribution is 2.42. The van der Waals surface area contributed by atoms with Crippen LogP contribution in [0, 0.1) is 5.41 Å². The highest BCUT2D eigenvalue weighted by molar-refractivity contribution is 5.10. The summed E-state index contributed by atoms with van der Waals surface area (Å²) >= 11 is 0. The van der Waals surface area contributed by atoms with Crippen molar-refractivity contribution < 1.29 is 0 Å². The van der Waals surface area contributed by atoms with Crippen molar-refractivity contribution in [2.24, 2.45) is 5.41 Å². The number of hydrogen-bond acceptors (Lipinski definition) is 2. The quantitative estimate of drug-likeness (QED) is 0.844. The fourth-order valence-corrected chi connectivity index (χ4v) is 3.06. The lowest BCUT2D eigenvalue weighted by Gasteiger charge is -2.39. The molecule has 3 rings (SSSR count). The summed E-state index contributed by atoms with van der Waals surface area (Å²) in [7, 11) is 0. The van der Waals surface area contributed by atoms with Gasteiger partial charge in [0.1, 0.15) is 0 Å². The van der Waals surface area contributed by atoms with Crippen LogP contribution >= 0.6 is 0 Å². The molecule has 2 aliphatic rings. The van der Waals surface area contributed by atoms with Gasteiger partial charge in [-0.2, -0.15) is 0 Å². The van der Waals surface area contributed by atoms with Crippen LogP contribution in [0.5, 0.6) is 0 Å². The highest BCUT2D eigenvalue weighted by Gasteiger charge is 2.33. The van der Waals surface area contributed by atoms with Gasteiger partial charge in [0, 0.05) is 30.9 Å². The minimum atomic E-state index is 0.543. The van der Waals surface area contributed by atoms with Gasteiger partial charge in [-0.05, 0) is 31.2 Å². The van der Waals surface area contributed by atoms with Gasteiger partial charge in [-0.25, -0.2) is 4.98 Å². The molecule has 1 saturated carbocycles. The Bertz CT molecular complexity index is 359. The molecular formula is C13H21N3. The summed E-state index contributed by atoms with van der Waals surface area (Å²) in [4.78, 5) is 4.34. The molecule has 16 heavy (non-hydrogen) atoms. The van der Waals surface area contributed by atoms with Crippen molar-refractivity contribution in [3.8, 4) is 0 Å². The number of imidazole rings is 1. The van der Waals surface area contributed by atoms with Crippen molar-refractivity contribution >= 4 is 0 Å². The molecule has 1 unspecified atom stereocenters. The van der Waals surface area contributed by atoms with Crippen molar-refractivity contribution in [3.63, 3.8) is 0 Å². The Morgan fingerprint density at radius 2 is 2.44 bits per heavy atom. The molecule has 0 aromatic carbocycles. The molecule has 1 N–H and O–H groups in total. The zero-order chi connectivity index (χ0) is 11.0. The molecule has 2 heterocycles. The van der Waals surface area contributed by atoms with Crippen LogP contribution < -0.4 is 5.32 Å². The summed E-state index contributed by atoms with van der Waals surface area (Å²) in [6, 6.07) is 0. The average Bonchev–Trinajstić information content (AvgIpc) is 2.83. The standard InChI is InChI=1S/C13H21N3/c1-13(4-2-5-13)9-16-10-15-8-12(16)11-3-6-14-7-11/h8,10-11,14H,2-7,9H2,1H3. The second-order valence-electron chi connectivity index (χ2n) is 5.80. The second-order valence-corrected chi connectivity index (χ2v) is 5.80. The zero-order valence-corrected chi connectivity index (χ0v) is 10.1. The lowest BCUT2D eigenvalue weighted by atomic mass is 9.70. The van der Waals surface area contributed by atoms with E-state index in [1.54, 1.807) is 0 Å². The second kappa shape index (κ2) is 3.88. The van der Waals surface area contributed by atoms with E-state index in [4.69, 9.17) is 0 Å². The maximum absolute atomic E-state index is 4.34. The lowest BCUT2D eigenvalue weighted by Crippen LogP contribution is -2.31. The largest absolute Gasteiger partial charge is 0.334 e. The van der Waals surface area contributed by atoms with E-state index in [1.807, 2.05) is 6.33 Å². The lowest BCUT2D eigenvalue weighted by molar-refractivity contribution is 0.130. The molecule has 1 saturated heterocycles. The monoisotopic (exact) mass is 219 g/mol. The molecule has 0 amide bonds. The average molecular weight is 219 g/mol. The normalized spacial score (nSPS) is 27.9. The van der Waals surface area contributed by atoms with Gasteiger partial charge in [0.05, 0.1) is 6.33 Å². The number of rotatable bonds is 3. The van der Waals surface area contributed by atoms with Gasteiger partial charge >= 0.3 is 0 Å². The van der Waals surface area contributed by atoms with Crippen LogP contribution in [0.25, 0.3) is 0 Å². The maximum atomic E-state index is 4.34. The number of aromatic nitrogens is 2. The first-order chi connectivity index (χ1) is 7.77. The Morgan fingerprint density at radius 3 is 3.06 bits per heavy atom. The number of hydrogen-bond donors (Lipinski definition) is 1. The fraction of sp³-hybridized carbons (Fsp3) is 0.769. The highest BCUT2D eigenvalue weighted by atomic mass is 15.1. The van der Waals surface area contributed by atoms with Gasteiger partial charge in [0.2, 0.25) is 0 Å². The summed E-state index contributed by atoms with van der Waals surface area (Å²) in [5, 5.41) is 3.44. The first-order valence-corrected chi connectivity index (χ1v) is 6.48. The van der Waals surface area contributed by atoms with Crippen molar-refractivity contribution in [1.29, 1.82) is 0 Å². The smallest absolute Gasteiger partial charge is 0.0948 e. The summed E-state index contributed by atoms with van der Waals surface area (Å²) in [6.07, 6.45) is 9.53. The molecule has 0 radical (unpaired) electrons. The van der Waals surface area contributed by atoms with Crippen molar-refractivity contribution in [2.45, 2.75) is 45.1 Å². The van der Waals surface area contributed by atoms with Crippen LogP contribution in [0.15, 0.2) is 12.5 Å². The van der Waals surface area contributed by atoms with Gasteiger partial charge in [0.15, 0.2) is 0 Å². The van der Waals surface area contributed by atoms with Crippen LogP contribution in [0.4, 0.5) is 0 Å². The Balaban J connectivity index is 1.76. The number of nitrogens with one attached hydrogen (secondary N) is 1. The van der Waals surface area contributed by atoms with E-state index in [-0.39, 0.29) is 0 Å². The SMILES string of the molecule is CC1(Cn2cncc2C2CCNC2)CCC1. The third kappa shape index (κ3) is 1.77. The predicted octanol–water partition coefficient (Wildman–Crippen LogP) is 2.15. The summed E-state index contributed by atoms with van der Waals surface area (Å²) < 4.78 is 2.40. The molecule has 1 aromatic heterocycles. The van der Waals surface area contributed by atoms with E-state index >= 15 is 0 Å². The topological polar surface area (TPSA) is 29.9 Å². The third-order valence-electron chi connectivity index (χ3n) is 4.34. The zero-order valence-electron chi connectivity index (χ0n) is 10.1. The van der Waals surface area contributed by atoms with Crippen molar-refractivity contribution in [2.75, 3.05) is 13.1 Å². The minimum Gasteiger partial charge on any atom is -0.334 e. The Kier molecular flexibility index (Phi) is 2.51. The Hall–Kier alpha value is -0.830. The van der Waals surface area contributed by atoms with Crippen molar-refractivity contribution in [3.05, 3.63) is 18.2 Å². The van der Waals surface area contributed by atoms with Crippen LogP contribution in [-0.2, 0) is 6.54 Å². The minimum absolute atomic E-state index is 0.543. The first-order valence-electron chi connectivity index (χ1n) is 6.48. The fourth-order valence-electron chi connectivity index (χ4n) is 3.06. The summed E-state index contributed by atoms with van der Waals surface area (Å²) in [5.41, 5.74) is 1.99. The maximum Gasteiger partial charge on any atom is 0.0948 e. The summed E-state index contributed by atoms with van der Waals surface area (Å²) in [5.74, 6) is 0.686. The Morgan fingerprint density at radius 1 is 1.56 bits per heavy atom.